The monoisotopic (exact) mass is 228 g/mol. The molecule has 0 spiro atoms. The van der Waals surface area contributed by atoms with Gasteiger partial charge in [-0.25, -0.2) is 15.2 Å². The molecule has 0 fully saturated rings. The summed E-state index contributed by atoms with van der Waals surface area (Å²) in [5, 5.41) is 1.39. The minimum Gasteiger partial charge on any atom is -0.442 e. The molecule has 4 heteroatoms. The largest absolute Gasteiger partial charge is 0.442 e. The standard InChI is InChI=1S/C12H24N2O2/c1-6-9-10-14(13-8-3)11(15)16-12(4,5)7-2/h9-10,13H,6-8H2,1-5H3/b10-9-. The van der Waals surface area contributed by atoms with Gasteiger partial charge in [0, 0.05) is 12.7 Å². The smallest absolute Gasteiger partial charge is 0.429 e. The molecule has 0 atom stereocenters. The number of hydrogen-bond acceptors (Lipinski definition) is 3. The lowest BCUT2D eigenvalue weighted by molar-refractivity contribution is 0.0118. The van der Waals surface area contributed by atoms with Crippen LogP contribution in [0.1, 0.15) is 47.5 Å². The molecule has 0 aromatic rings. The van der Waals surface area contributed by atoms with Crippen molar-refractivity contribution in [2.24, 2.45) is 0 Å². The number of carbonyl (C=O) groups excluding carboxylic acids is 1. The van der Waals surface area contributed by atoms with Gasteiger partial charge < -0.3 is 4.74 Å². The minimum absolute atomic E-state index is 0.363. The third kappa shape index (κ3) is 5.75. The summed E-state index contributed by atoms with van der Waals surface area (Å²) in [6.07, 6.45) is 4.92. The number of nitrogens with zero attached hydrogens (tertiary/aromatic N) is 1. The fourth-order valence-electron chi connectivity index (χ4n) is 0.917. The van der Waals surface area contributed by atoms with Crippen LogP contribution in [0.15, 0.2) is 12.3 Å². The highest BCUT2D eigenvalue weighted by Crippen LogP contribution is 2.14. The fraction of sp³-hybridized carbons (Fsp3) is 0.750. The van der Waals surface area contributed by atoms with Crippen LogP contribution in [0.5, 0.6) is 0 Å². The first-order valence-electron chi connectivity index (χ1n) is 5.89. The van der Waals surface area contributed by atoms with Crippen molar-refractivity contribution in [2.45, 2.75) is 53.1 Å². The second-order valence-corrected chi connectivity index (χ2v) is 4.16. The molecule has 4 nitrogen and oxygen atoms in total. The van der Waals surface area contributed by atoms with Crippen LogP contribution in [-0.2, 0) is 4.74 Å². The van der Waals surface area contributed by atoms with Gasteiger partial charge in [0.25, 0.3) is 0 Å². The molecule has 94 valence electrons. The van der Waals surface area contributed by atoms with E-state index in [4.69, 9.17) is 4.74 Å². The maximum atomic E-state index is 11.8. The highest BCUT2D eigenvalue weighted by molar-refractivity contribution is 5.68. The lowest BCUT2D eigenvalue weighted by atomic mass is 10.1. The first-order chi connectivity index (χ1) is 7.46. The van der Waals surface area contributed by atoms with Crippen molar-refractivity contribution in [3.8, 4) is 0 Å². The van der Waals surface area contributed by atoms with Crippen LogP contribution in [0.4, 0.5) is 4.79 Å². The van der Waals surface area contributed by atoms with Gasteiger partial charge in [-0.3, -0.25) is 0 Å². The third-order valence-corrected chi connectivity index (χ3v) is 2.23. The average Bonchev–Trinajstić information content (AvgIpc) is 2.23. The number of allylic oxidation sites excluding steroid dienone is 1. The van der Waals surface area contributed by atoms with E-state index in [1.54, 1.807) is 6.20 Å². The highest BCUT2D eigenvalue weighted by Gasteiger charge is 2.23. The molecule has 0 heterocycles. The van der Waals surface area contributed by atoms with Crippen molar-refractivity contribution < 1.29 is 9.53 Å². The molecule has 0 aromatic heterocycles. The van der Waals surface area contributed by atoms with E-state index in [1.165, 1.54) is 5.01 Å². The molecule has 0 aliphatic heterocycles. The Kier molecular flexibility index (Phi) is 6.81. The summed E-state index contributed by atoms with van der Waals surface area (Å²) in [5.41, 5.74) is 2.51. The Bertz CT molecular complexity index is 237. The number of carbonyl (C=O) groups is 1. The molecule has 0 saturated carbocycles. The second-order valence-electron chi connectivity index (χ2n) is 4.16. The molecule has 0 radical (unpaired) electrons. The van der Waals surface area contributed by atoms with Crippen LogP contribution in [0.25, 0.3) is 0 Å². The van der Waals surface area contributed by atoms with E-state index >= 15 is 0 Å². The van der Waals surface area contributed by atoms with Gasteiger partial charge in [0.15, 0.2) is 0 Å². The van der Waals surface area contributed by atoms with Gasteiger partial charge in [0.1, 0.15) is 5.60 Å². The van der Waals surface area contributed by atoms with Gasteiger partial charge in [-0.15, -0.1) is 0 Å². The molecule has 1 N–H and O–H groups in total. The highest BCUT2D eigenvalue weighted by atomic mass is 16.6. The van der Waals surface area contributed by atoms with Gasteiger partial charge in [0.2, 0.25) is 0 Å². The van der Waals surface area contributed by atoms with Crippen molar-refractivity contribution in [1.82, 2.24) is 10.4 Å². The van der Waals surface area contributed by atoms with Gasteiger partial charge in [0.05, 0.1) is 0 Å². The molecule has 1 amide bonds. The van der Waals surface area contributed by atoms with Gasteiger partial charge in [-0.1, -0.05) is 26.8 Å². The maximum Gasteiger partial charge on any atom is 0.429 e. The van der Waals surface area contributed by atoms with E-state index in [9.17, 15) is 4.79 Å². The van der Waals surface area contributed by atoms with Crippen LogP contribution in [0.3, 0.4) is 0 Å². The van der Waals surface area contributed by atoms with Crippen LogP contribution < -0.4 is 5.43 Å². The van der Waals surface area contributed by atoms with E-state index < -0.39 is 5.60 Å². The predicted octanol–water partition coefficient (Wildman–Crippen LogP) is 3.06. The zero-order chi connectivity index (χ0) is 12.6. The van der Waals surface area contributed by atoms with Crippen molar-refractivity contribution in [3.05, 3.63) is 12.3 Å². The normalized spacial score (nSPS) is 11.8. The van der Waals surface area contributed by atoms with Crippen LogP contribution in [0.2, 0.25) is 0 Å². The summed E-state index contributed by atoms with van der Waals surface area (Å²) in [6.45, 7) is 10.4. The molecule has 0 aromatic carbocycles. The number of hydrogen-bond donors (Lipinski definition) is 1. The van der Waals surface area contributed by atoms with E-state index in [2.05, 4.69) is 5.43 Å². The number of amides is 1. The molecular weight excluding hydrogens is 204 g/mol. The minimum atomic E-state index is -0.426. The zero-order valence-electron chi connectivity index (χ0n) is 11.0. The van der Waals surface area contributed by atoms with E-state index in [0.717, 1.165) is 12.8 Å². The predicted molar refractivity (Wildman–Crippen MR) is 65.8 cm³/mol. The Balaban J connectivity index is 4.43. The molecule has 0 bridgehead atoms. The maximum absolute atomic E-state index is 11.8. The summed E-state index contributed by atoms with van der Waals surface area (Å²) < 4.78 is 5.37. The average molecular weight is 228 g/mol. The van der Waals surface area contributed by atoms with Gasteiger partial charge in [-0.2, -0.15) is 0 Å². The summed E-state index contributed by atoms with van der Waals surface area (Å²) >= 11 is 0. The molecule has 0 saturated heterocycles. The van der Waals surface area contributed by atoms with Gasteiger partial charge in [-0.05, 0) is 26.7 Å². The number of hydrazine groups is 1. The fourth-order valence-corrected chi connectivity index (χ4v) is 0.917. The molecule has 16 heavy (non-hydrogen) atoms. The Labute approximate surface area is 98.6 Å². The first-order valence-corrected chi connectivity index (χ1v) is 5.89. The molecule has 0 aliphatic carbocycles. The van der Waals surface area contributed by atoms with Crippen molar-refractivity contribution in [3.63, 3.8) is 0 Å². The summed E-state index contributed by atoms with van der Waals surface area (Å²) in [5.74, 6) is 0. The van der Waals surface area contributed by atoms with E-state index in [-0.39, 0.29) is 6.09 Å². The van der Waals surface area contributed by atoms with Gasteiger partial charge >= 0.3 is 6.09 Å². The lowest BCUT2D eigenvalue weighted by Crippen LogP contribution is -2.42. The molecule has 0 unspecified atom stereocenters. The molecule has 0 aliphatic rings. The molecular formula is C12H24N2O2. The quantitative estimate of drug-likeness (QED) is 0.710. The zero-order valence-corrected chi connectivity index (χ0v) is 11.0. The van der Waals surface area contributed by atoms with Crippen LogP contribution in [0, 0.1) is 0 Å². The lowest BCUT2D eigenvalue weighted by Gasteiger charge is -2.27. The SMILES string of the molecule is CC/C=C\N(NCC)C(=O)OC(C)(C)CC. The second kappa shape index (κ2) is 7.28. The number of ether oxygens (including phenoxy) is 1. The summed E-state index contributed by atoms with van der Waals surface area (Å²) in [6, 6.07) is 0. The van der Waals surface area contributed by atoms with Crippen molar-refractivity contribution in [1.29, 1.82) is 0 Å². The summed E-state index contributed by atoms with van der Waals surface area (Å²) in [7, 11) is 0. The number of rotatable bonds is 6. The Hall–Kier alpha value is -1.03. The van der Waals surface area contributed by atoms with Crippen molar-refractivity contribution >= 4 is 6.09 Å². The Morgan fingerprint density at radius 1 is 1.38 bits per heavy atom. The molecule has 0 rings (SSSR count). The topological polar surface area (TPSA) is 41.6 Å². The Morgan fingerprint density at radius 2 is 2.00 bits per heavy atom. The van der Waals surface area contributed by atoms with Crippen LogP contribution >= 0.6 is 0 Å². The third-order valence-electron chi connectivity index (χ3n) is 2.23. The first kappa shape index (κ1) is 15.0. The Morgan fingerprint density at radius 3 is 2.44 bits per heavy atom. The summed E-state index contributed by atoms with van der Waals surface area (Å²) in [4.78, 5) is 11.8. The number of nitrogens with one attached hydrogen (secondary N) is 1. The van der Waals surface area contributed by atoms with Crippen LogP contribution in [-0.4, -0.2) is 23.2 Å². The van der Waals surface area contributed by atoms with E-state index in [0.29, 0.717) is 6.54 Å². The van der Waals surface area contributed by atoms with E-state index in [1.807, 2.05) is 40.7 Å². The van der Waals surface area contributed by atoms with Crippen molar-refractivity contribution in [2.75, 3.05) is 6.54 Å².